The topological polar surface area (TPSA) is 52.0 Å². The molecular weight excluding hydrogens is 200 g/mol. The minimum absolute atomic E-state index is 0.113. The molecule has 0 fully saturated rings. The third-order valence-electron chi connectivity index (χ3n) is 3.10. The number of fused-ring (bicyclic) bond motifs is 1. The van der Waals surface area contributed by atoms with Gasteiger partial charge in [0.25, 0.3) is 0 Å². The van der Waals surface area contributed by atoms with E-state index in [1.54, 1.807) is 0 Å². The Morgan fingerprint density at radius 3 is 2.88 bits per heavy atom. The molecule has 0 radical (unpaired) electrons. The average Bonchev–Trinajstić information content (AvgIpc) is 2.69. The molecule has 1 aromatic heterocycles. The van der Waals surface area contributed by atoms with Crippen molar-refractivity contribution in [2.24, 2.45) is 11.7 Å². The zero-order valence-corrected chi connectivity index (χ0v) is 10.0. The standard InChI is InChI=1S/C13H18N2O/c1-4-9(3)12(14)13-15-10-7-8(2)5-6-11(10)16-13/h5-7,9,12H,4,14H2,1-3H3. The second-order valence-corrected chi connectivity index (χ2v) is 4.43. The Balaban J connectivity index is 2.39. The van der Waals surface area contributed by atoms with E-state index in [9.17, 15) is 0 Å². The predicted molar refractivity (Wildman–Crippen MR) is 65.1 cm³/mol. The van der Waals surface area contributed by atoms with Crippen molar-refractivity contribution in [3.8, 4) is 0 Å². The fourth-order valence-corrected chi connectivity index (χ4v) is 1.70. The van der Waals surface area contributed by atoms with Gasteiger partial charge in [0, 0.05) is 0 Å². The maximum atomic E-state index is 6.09. The Hall–Kier alpha value is -1.35. The van der Waals surface area contributed by atoms with Gasteiger partial charge >= 0.3 is 0 Å². The quantitative estimate of drug-likeness (QED) is 0.860. The molecule has 2 aromatic rings. The number of hydrogen-bond donors (Lipinski definition) is 1. The van der Waals surface area contributed by atoms with Crippen molar-refractivity contribution in [2.75, 3.05) is 0 Å². The molecule has 2 rings (SSSR count). The summed E-state index contributed by atoms with van der Waals surface area (Å²) in [6.07, 6.45) is 1.03. The molecule has 2 unspecified atom stereocenters. The zero-order valence-electron chi connectivity index (χ0n) is 10.0. The molecule has 0 saturated heterocycles. The summed E-state index contributed by atoms with van der Waals surface area (Å²) in [5.41, 5.74) is 9.00. The minimum atomic E-state index is -0.113. The van der Waals surface area contributed by atoms with Crippen molar-refractivity contribution in [1.29, 1.82) is 0 Å². The Morgan fingerprint density at radius 1 is 1.44 bits per heavy atom. The molecule has 0 amide bonds. The Labute approximate surface area is 95.7 Å². The maximum Gasteiger partial charge on any atom is 0.212 e. The third kappa shape index (κ3) is 1.95. The largest absolute Gasteiger partial charge is 0.439 e. The highest BCUT2D eigenvalue weighted by Crippen LogP contribution is 2.25. The lowest BCUT2D eigenvalue weighted by Gasteiger charge is -2.13. The summed E-state index contributed by atoms with van der Waals surface area (Å²) in [6, 6.07) is 5.88. The van der Waals surface area contributed by atoms with E-state index in [1.807, 2.05) is 25.1 Å². The van der Waals surface area contributed by atoms with Gasteiger partial charge < -0.3 is 10.2 Å². The van der Waals surface area contributed by atoms with Gasteiger partial charge in [-0.25, -0.2) is 4.98 Å². The van der Waals surface area contributed by atoms with Crippen LogP contribution >= 0.6 is 0 Å². The van der Waals surface area contributed by atoms with Crippen LogP contribution < -0.4 is 5.73 Å². The van der Waals surface area contributed by atoms with Crippen LogP contribution in [-0.2, 0) is 0 Å². The van der Waals surface area contributed by atoms with Gasteiger partial charge in [0.05, 0.1) is 6.04 Å². The number of hydrogen-bond acceptors (Lipinski definition) is 3. The molecule has 0 saturated carbocycles. The van der Waals surface area contributed by atoms with Crippen molar-refractivity contribution in [1.82, 2.24) is 4.98 Å². The van der Waals surface area contributed by atoms with Crippen LogP contribution in [0.4, 0.5) is 0 Å². The van der Waals surface area contributed by atoms with Crippen LogP contribution in [0, 0.1) is 12.8 Å². The molecule has 2 atom stereocenters. The second kappa shape index (κ2) is 4.26. The van der Waals surface area contributed by atoms with E-state index in [0.29, 0.717) is 11.8 Å². The van der Waals surface area contributed by atoms with E-state index >= 15 is 0 Å². The first kappa shape index (κ1) is 11.1. The highest BCUT2D eigenvalue weighted by molar-refractivity contribution is 5.73. The molecule has 86 valence electrons. The van der Waals surface area contributed by atoms with E-state index in [4.69, 9.17) is 10.2 Å². The molecule has 1 aromatic carbocycles. The lowest BCUT2D eigenvalue weighted by Crippen LogP contribution is -2.18. The van der Waals surface area contributed by atoms with E-state index in [-0.39, 0.29) is 6.04 Å². The van der Waals surface area contributed by atoms with E-state index in [1.165, 1.54) is 5.56 Å². The summed E-state index contributed by atoms with van der Waals surface area (Å²) in [6.45, 7) is 6.28. The lowest BCUT2D eigenvalue weighted by molar-refractivity contribution is 0.375. The average molecular weight is 218 g/mol. The number of benzene rings is 1. The molecule has 0 bridgehead atoms. The smallest absolute Gasteiger partial charge is 0.212 e. The number of nitrogens with two attached hydrogens (primary N) is 1. The van der Waals surface area contributed by atoms with Gasteiger partial charge in [-0.05, 0) is 30.5 Å². The van der Waals surface area contributed by atoms with E-state index in [2.05, 4.69) is 18.8 Å². The van der Waals surface area contributed by atoms with Gasteiger partial charge in [-0.15, -0.1) is 0 Å². The first-order chi connectivity index (χ1) is 7.61. The molecule has 0 aliphatic rings. The Morgan fingerprint density at radius 2 is 2.19 bits per heavy atom. The van der Waals surface area contributed by atoms with Crippen molar-refractivity contribution >= 4 is 11.1 Å². The maximum absolute atomic E-state index is 6.09. The summed E-state index contributed by atoms with van der Waals surface area (Å²) in [5.74, 6) is 1.03. The number of rotatable bonds is 3. The molecule has 1 heterocycles. The molecular formula is C13H18N2O. The SMILES string of the molecule is CCC(C)C(N)c1nc2cc(C)ccc2o1. The molecule has 0 aliphatic carbocycles. The minimum Gasteiger partial charge on any atom is -0.439 e. The summed E-state index contributed by atoms with van der Waals surface area (Å²) in [4.78, 5) is 4.45. The highest BCUT2D eigenvalue weighted by Gasteiger charge is 2.19. The summed E-state index contributed by atoms with van der Waals surface area (Å²) in [5, 5.41) is 0. The van der Waals surface area contributed by atoms with Crippen molar-refractivity contribution in [2.45, 2.75) is 33.2 Å². The lowest BCUT2D eigenvalue weighted by atomic mass is 10.0. The molecule has 0 spiro atoms. The van der Waals surface area contributed by atoms with Crippen LogP contribution in [0.1, 0.15) is 37.8 Å². The van der Waals surface area contributed by atoms with Gasteiger partial charge in [0.1, 0.15) is 5.52 Å². The Kier molecular flexibility index (Phi) is 2.97. The number of aryl methyl sites for hydroxylation is 1. The van der Waals surface area contributed by atoms with E-state index in [0.717, 1.165) is 17.5 Å². The van der Waals surface area contributed by atoms with Gasteiger partial charge in [-0.2, -0.15) is 0 Å². The summed E-state index contributed by atoms with van der Waals surface area (Å²) < 4.78 is 5.67. The predicted octanol–water partition coefficient (Wildman–Crippen LogP) is 3.18. The number of nitrogens with zero attached hydrogens (tertiary/aromatic N) is 1. The normalized spacial score (nSPS) is 15.2. The van der Waals surface area contributed by atoms with Gasteiger partial charge in [0.15, 0.2) is 5.58 Å². The van der Waals surface area contributed by atoms with Gasteiger partial charge in [-0.3, -0.25) is 0 Å². The third-order valence-corrected chi connectivity index (χ3v) is 3.10. The summed E-state index contributed by atoms with van der Waals surface area (Å²) >= 11 is 0. The number of oxazole rings is 1. The van der Waals surface area contributed by atoms with Crippen molar-refractivity contribution in [3.05, 3.63) is 29.7 Å². The van der Waals surface area contributed by atoms with Crippen LogP contribution in [0.15, 0.2) is 22.6 Å². The fourth-order valence-electron chi connectivity index (χ4n) is 1.70. The van der Waals surface area contributed by atoms with Crippen LogP contribution in [0.25, 0.3) is 11.1 Å². The molecule has 16 heavy (non-hydrogen) atoms. The monoisotopic (exact) mass is 218 g/mol. The zero-order chi connectivity index (χ0) is 11.7. The summed E-state index contributed by atoms with van der Waals surface area (Å²) in [7, 11) is 0. The number of aromatic nitrogens is 1. The van der Waals surface area contributed by atoms with Crippen LogP contribution in [0.2, 0.25) is 0 Å². The van der Waals surface area contributed by atoms with Crippen LogP contribution in [-0.4, -0.2) is 4.98 Å². The van der Waals surface area contributed by atoms with Crippen LogP contribution in [0.5, 0.6) is 0 Å². The van der Waals surface area contributed by atoms with E-state index < -0.39 is 0 Å². The fraction of sp³-hybridized carbons (Fsp3) is 0.462. The first-order valence-electron chi connectivity index (χ1n) is 5.74. The van der Waals surface area contributed by atoms with Crippen LogP contribution in [0.3, 0.4) is 0 Å². The Bertz CT molecular complexity index is 490. The highest BCUT2D eigenvalue weighted by atomic mass is 16.3. The van der Waals surface area contributed by atoms with Crippen molar-refractivity contribution < 1.29 is 4.42 Å². The molecule has 3 heteroatoms. The molecule has 0 aliphatic heterocycles. The van der Waals surface area contributed by atoms with Gasteiger partial charge in [-0.1, -0.05) is 26.3 Å². The molecule has 3 nitrogen and oxygen atoms in total. The van der Waals surface area contributed by atoms with Crippen molar-refractivity contribution in [3.63, 3.8) is 0 Å². The second-order valence-electron chi connectivity index (χ2n) is 4.43. The molecule has 2 N–H and O–H groups in total. The van der Waals surface area contributed by atoms with Gasteiger partial charge in [0.2, 0.25) is 5.89 Å². The first-order valence-corrected chi connectivity index (χ1v) is 5.74.